The van der Waals surface area contributed by atoms with Crippen LogP contribution in [-0.4, -0.2) is 16.3 Å². The molecule has 1 heterocycles. The second-order valence-electron chi connectivity index (χ2n) is 5.38. The van der Waals surface area contributed by atoms with Crippen molar-refractivity contribution in [2.75, 3.05) is 6.54 Å². The van der Waals surface area contributed by atoms with Crippen LogP contribution in [0.4, 0.5) is 0 Å². The number of rotatable bonds is 7. The Labute approximate surface area is 135 Å². The molecule has 0 aliphatic heterocycles. The molecule has 114 valence electrons. The summed E-state index contributed by atoms with van der Waals surface area (Å²) in [4.78, 5) is 0. The first kappa shape index (κ1) is 16.2. The Hall–Kier alpha value is -1.13. The molecule has 0 spiro atoms. The van der Waals surface area contributed by atoms with Gasteiger partial charge in [-0.05, 0) is 43.5 Å². The highest BCUT2D eigenvalue weighted by molar-refractivity contribution is 9.10. The Bertz CT molecular complexity index is 577. The molecule has 0 bridgehead atoms. The third-order valence-corrected chi connectivity index (χ3v) is 4.52. The van der Waals surface area contributed by atoms with Gasteiger partial charge >= 0.3 is 0 Å². The number of halogens is 1. The van der Waals surface area contributed by atoms with Crippen LogP contribution >= 0.6 is 15.9 Å². The van der Waals surface area contributed by atoms with Gasteiger partial charge in [0.1, 0.15) is 0 Å². The van der Waals surface area contributed by atoms with Gasteiger partial charge in [0.25, 0.3) is 0 Å². The molecule has 1 N–H and O–H groups in total. The lowest BCUT2D eigenvalue weighted by molar-refractivity contribution is 0.586. The van der Waals surface area contributed by atoms with Crippen LogP contribution in [0.5, 0.6) is 0 Å². The van der Waals surface area contributed by atoms with E-state index >= 15 is 0 Å². The topological polar surface area (TPSA) is 29.9 Å². The van der Waals surface area contributed by atoms with Crippen molar-refractivity contribution in [1.82, 2.24) is 15.1 Å². The number of benzene rings is 1. The Kier molecular flexibility index (Phi) is 6.00. The maximum atomic E-state index is 4.48. The molecule has 0 radical (unpaired) electrons. The average molecular weight is 350 g/mol. The minimum absolute atomic E-state index is 0.202. The van der Waals surface area contributed by atoms with Gasteiger partial charge in [0.15, 0.2) is 0 Å². The molecule has 3 nitrogen and oxygen atoms in total. The first-order valence-electron chi connectivity index (χ1n) is 7.68. The number of aryl methyl sites for hydroxylation is 1. The summed E-state index contributed by atoms with van der Waals surface area (Å²) in [5.41, 5.74) is 3.83. The predicted octanol–water partition coefficient (Wildman–Crippen LogP) is 4.45. The van der Waals surface area contributed by atoms with E-state index in [1.807, 2.05) is 10.9 Å². The third kappa shape index (κ3) is 3.95. The van der Waals surface area contributed by atoms with Gasteiger partial charge in [0, 0.05) is 22.8 Å². The molecule has 0 aliphatic rings. The molecule has 2 aromatic rings. The highest BCUT2D eigenvalue weighted by Crippen LogP contribution is 2.29. The molecule has 1 aromatic heterocycles. The lowest BCUT2D eigenvalue weighted by Crippen LogP contribution is -2.23. The summed E-state index contributed by atoms with van der Waals surface area (Å²) in [7, 11) is 0. The van der Waals surface area contributed by atoms with Crippen molar-refractivity contribution in [3.63, 3.8) is 0 Å². The molecule has 1 aromatic carbocycles. The molecule has 4 heteroatoms. The summed E-state index contributed by atoms with van der Waals surface area (Å²) in [6, 6.07) is 6.60. The van der Waals surface area contributed by atoms with Crippen LogP contribution in [0.1, 0.15) is 49.4 Å². The van der Waals surface area contributed by atoms with Crippen LogP contribution in [-0.2, 0) is 6.54 Å². The summed E-state index contributed by atoms with van der Waals surface area (Å²) < 4.78 is 3.19. The Balaban J connectivity index is 2.34. The molecule has 0 aliphatic carbocycles. The fourth-order valence-corrected chi connectivity index (χ4v) is 2.89. The largest absolute Gasteiger partial charge is 0.306 e. The summed E-state index contributed by atoms with van der Waals surface area (Å²) in [6.45, 7) is 8.50. The molecule has 0 saturated carbocycles. The van der Waals surface area contributed by atoms with Crippen LogP contribution in [0.15, 0.2) is 35.1 Å². The van der Waals surface area contributed by atoms with E-state index in [9.17, 15) is 0 Å². The maximum absolute atomic E-state index is 4.48. The van der Waals surface area contributed by atoms with Crippen molar-refractivity contribution >= 4 is 15.9 Å². The second kappa shape index (κ2) is 7.76. The molecular formula is C17H24BrN3. The van der Waals surface area contributed by atoms with Crippen LogP contribution in [0.2, 0.25) is 0 Å². The van der Waals surface area contributed by atoms with Gasteiger partial charge in [-0.3, -0.25) is 4.68 Å². The molecule has 0 amide bonds. The van der Waals surface area contributed by atoms with E-state index in [1.54, 1.807) is 0 Å². The van der Waals surface area contributed by atoms with E-state index in [0.29, 0.717) is 0 Å². The van der Waals surface area contributed by atoms with E-state index in [1.165, 1.54) is 16.7 Å². The number of nitrogens with one attached hydrogen (secondary N) is 1. The van der Waals surface area contributed by atoms with Gasteiger partial charge in [-0.2, -0.15) is 5.10 Å². The quantitative estimate of drug-likeness (QED) is 0.799. The number of aromatic nitrogens is 2. The minimum Gasteiger partial charge on any atom is -0.306 e. The average Bonchev–Trinajstić information content (AvgIpc) is 2.92. The van der Waals surface area contributed by atoms with Crippen molar-refractivity contribution in [2.45, 2.75) is 46.2 Å². The van der Waals surface area contributed by atoms with E-state index in [0.717, 1.165) is 30.4 Å². The molecule has 21 heavy (non-hydrogen) atoms. The normalized spacial score (nSPS) is 12.6. The van der Waals surface area contributed by atoms with Crippen LogP contribution in [0, 0.1) is 6.92 Å². The third-order valence-electron chi connectivity index (χ3n) is 3.66. The SMILES string of the molecule is CCCNC(c1cnn(CCC)c1)c1cccc(Br)c1C. The van der Waals surface area contributed by atoms with Crippen LogP contribution in [0.25, 0.3) is 0 Å². The molecule has 0 fully saturated rings. The Morgan fingerprint density at radius 3 is 2.81 bits per heavy atom. The van der Waals surface area contributed by atoms with Gasteiger partial charge in [-0.15, -0.1) is 0 Å². The zero-order chi connectivity index (χ0) is 15.2. The van der Waals surface area contributed by atoms with Crippen molar-refractivity contribution < 1.29 is 0 Å². The Morgan fingerprint density at radius 1 is 1.29 bits per heavy atom. The molecule has 1 unspecified atom stereocenters. The van der Waals surface area contributed by atoms with Gasteiger partial charge in [-0.25, -0.2) is 0 Å². The van der Waals surface area contributed by atoms with Gasteiger partial charge in [0.2, 0.25) is 0 Å². The molecule has 1 atom stereocenters. The van der Waals surface area contributed by atoms with E-state index < -0.39 is 0 Å². The lowest BCUT2D eigenvalue weighted by Gasteiger charge is -2.20. The van der Waals surface area contributed by atoms with Gasteiger partial charge in [-0.1, -0.05) is 41.9 Å². The highest BCUT2D eigenvalue weighted by Gasteiger charge is 2.18. The monoisotopic (exact) mass is 349 g/mol. The van der Waals surface area contributed by atoms with Crippen LogP contribution < -0.4 is 5.32 Å². The molecule has 2 rings (SSSR count). The van der Waals surface area contributed by atoms with Crippen LogP contribution in [0.3, 0.4) is 0 Å². The van der Waals surface area contributed by atoms with Crippen molar-refractivity contribution in [1.29, 1.82) is 0 Å². The summed E-state index contributed by atoms with van der Waals surface area (Å²) in [5.74, 6) is 0. The second-order valence-corrected chi connectivity index (χ2v) is 6.23. The first-order chi connectivity index (χ1) is 10.2. The van der Waals surface area contributed by atoms with Crippen molar-refractivity contribution in [2.24, 2.45) is 0 Å². The summed E-state index contributed by atoms with van der Waals surface area (Å²) in [5, 5.41) is 8.13. The number of hydrogen-bond donors (Lipinski definition) is 1. The van der Waals surface area contributed by atoms with E-state index in [-0.39, 0.29) is 6.04 Å². The summed E-state index contributed by atoms with van der Waals surface area (Å²) in [6.07, 6.45) is 6.37. The lowest BCUT2D eigenvalue weighted by atomic mass is 9.97. The smallest absolute Gasteiger partial charge is 0.0610 e. The summed E-state index contributed by atoms with van der Waals surface area (Å²) >= 11 is 3.64. The molecule has 0 saturated heterocycles. The number of hydrogen-bond acceptors (Lipinski definition) is 2. The standard InChI is InChI=1S/C17H24BrN3/c1-4-9-19-17(14-11-20-21(12-14)10-5-2)15-7-6-8-16(18)13(15)3/h6-8,11-12,17,19H,4-5,9-10H2,1-3H3. The number of nitrogens with zero attached hydrogens (tertiary/aromatic N) is 2. The highest BCUT2D eigenvalue weighted by atomic mass is 79.9. The van der Waals surface area contributed by atoms with Gasteiger partial charge in [0.05, 0.1) is 12.2 Å². The minimum atomic E-state index is 0.202. The van der Waals surface area contributed by atoms with Crippen molar-refractivity contribution in [3.05, 3.63) is 51.8 Å². The first-order valence-corrected chi connectivity index (χ1v) is 8.47. The van der Waals surface area contributed by atoms with Crippen molar-refractivity contribution in [3.8, 4) is 0 Å². The fourth-order valence-electron chi connectivity index (χ4n) is 2.51. The maximum Gasteiger partial charge on any atom is 0.0610 e. The fraction of sp³-hybridized carbons (Fsp3) is 0.471. The Morgan fingerprint density at radius 2 is 2.10 bits per heavy atom. The zero-order valence-corrected chi connectivity index (χ0v) is 14.7. The molecular weight excluding hydrogens is 326 g/mol. The zero-order valence-electron chi connectivity index (χ0n) is 13.1. The van der Waals surface area contributed by atoms with E-state index in [4.69, 9.17) is 0 Å². The predicted molar refractivity (Wildman–Crippen MR) is 91.5 cm³/mol. The van der Waals surface area contributed by atoms with E-state index in [2.05, 4.69) is 71.5 Å². The van der Waals surface area contributed by atoms with Gasteiger partial charge < -0.3 is 5.32 Å².